The zero-order valence-corrected chi connectivity index (χ0v) is 12.4. The van der Waals surface area contributed by atoms with Gasteiger partial charge in [0.25, 0.3) is 5.91 Å². The first kappa shape index (κ1) is 17.9. The van der Waals surface area contributed by atoms with Gasteiger partial charge in [0.15, 0.2) is 6.61 Å². The Hall–Kier alpha value is -2.42. The third-order valence-electron chi connectivity index (χ3n) is 2.62. The van der Waals surface area contributed by atoms with E-state index in [1.54, 1.807) is 0 Å². The van der Waals surface area contributed by atoms with Crippen molar-refractivity contribution in [2.24, 2.45) is 0 Å². The number of pyridine rings is 1. The first-order valence-corrected chi connectivity index (χ1v) is 6.65. The highest BCUT2D eigenvalue weighted by Crippen LogP contribution is 2.25. The maximum atomic E-state index is 13.5. The van der Waals surface area contributed by atoms with Gasteiger partial charge in [-0.05, 0) is 18.2 Å². The number of nitrogens with zero attached hydrogens (tertiary/aromatic N) is 1. The summed E-state index contributed by atoms with van der Waals surface area (Å²) < 4.78 is 66.8. The number of alkyl halides is 3. The summed E-state index contributed by atoms with van der Waals surface area (Å²) in [7, 11) is 0. The molecule has 128 valence electrons. The number of ether oxygens (including phenoxy) is 1. The second-order valence-electron chi connectivity index (χ2n) is 4.49. The van der Waals surface area contributed by atoms with Crippen LogP contribution in [0.5, 0.6) is 5.88 Å². The minimum Gasteiger partial charge on any atom is -0.467 e. The van der Waals surface area contributed by atoms with Gasteiger partial charge in [0.1, 0.15) is 16.7 Å². The van der Waals surface area contributed by atoms with Gasteiger partial charge in [-0.3, -0.25) is 4.79 Å². The van der Waals surface area contributed by atoms with Crippen molar-refractivity contribution in [3.05, 3.63) is 52.7 Å². The summed E-state index contributed by atoms with van der Waals surface area (Å²) in [5, 5.41) is 1.83. The van der Waals surface area contributed by atoms with Gasteiger partial charge < -0.3 is 10.1 Å². The molecule has 24 heavy (non-hydrogen) atoms. The molecule has 0 fully saturated rings. The van der Waals surface area contributed by atoms with Crippen molar-refractivity contribution >= 4 is 23.2 Å². The van der Waals surface area contributed by atoms with E-state index in [0.717, 1.165) is 24.4 Å². The number of nitrogens with one attached hydrogen (secondary N) is 1. The Kier molecular flexibility index (Phi) is 5.23. The molecular weight excluding hydrogens is 359 g/mol. The molecule has 0 unspecified atom stereocenters. The predicted molar refractivity (Wildman–Crippen MR) is 75.1 cm³/mol. The second kappa shape index (κ2) is 7.00. The third-order valence-corrected chi connectivity index (χ3v) is 2.89. The van der Waals surface area contributed by atoms with Crippen molar-refractivity contribution in [2.75, 3.05) is 11.9 Å². The monoisotopic (exact) mass is 366 g/mol. The van der Waals surface area contributed by atoms with Crippen LogP contribution in [0.1, 0.15) is 10.4 Å². The lowest BCUT2D eigenvalue weighted by Crippen LogP contribution is -2.20. The van der Waals surface area contributed by atoms with E-state index in [2.05, 4.69) is 15.0 Å². The van der Waals surface area contributed by atoms with Crippen molar-refractivity contribution in [1.82, 2.24) is 4.98 Å². The Balaban J connectivity index is 2.11. The van der Waals surface area contributed by atoms with Crippen LogP contribution in [0.25, 0.3) is 0 Å². The fraction of sp³-hybridized carbons (Fsp3) is 0.143. The number of carbonyl (C=O) groups is 1. The molecular formula is C14H8ClF5N2O2. The fourth-order valence-corrected chi connectivity index (χ4v) is 1.81. The first-order chi connectivity index (χ1) is 11.2. The highest BCUT2D eigenvalue weighted by molar-refractivity contribution is 6.32. The number of hydrogen-bond donors (Lipinski definition) is 1. The summed E-state index contributed by atoms with van der Waals surface area (Å²) in [5.74, 6) is -3.15. The van der Waals surface area contributed by atoms with E-state index in [1.165, 1.54) is 0 Å². The average Bonchev–Trinajstić information content (AvgIpc) is 2.47. The molecule has 0 atom stereocenters. The van der Waals surface area contributed by atoms with Crippen LogP contribution < -0.4 is 10.1 Å². The van der Waals surface area contributed by atoms with E-state index in [-0.39, 0.29) is 16.3 Å². The van der Waals surface area contributed by atoms with Gasteiger partial charge in [0.05, 0.1) is 11.3 Å². The quantitative estimate of drug-likeness (QED) is 0.825. The van der Waals surface area contributed by atoms with Crippen molar-refractivity contribution < 1.29 is 31.5 Å². The predicted octanol–water partition coefficient (Wildman–Crippen LogP) is 4.21. The molecule has 2 aromatic rings. The molecule has 0 aliphatic heterocycles. The SMILES string of the molecule is O=C(Nc1ccc(F)cc1F)c1cnc(OCC(F)(F)F)c(Cl)c1. The number of benzene rings is 1. The van der Waals surface area contributed by atoms with Crippen LogP contribution in [-0.2, 0) is 0 Å². The van der Waals surface area contributed by atoms with Crippen molar-refractivity contribution in [3.8, 4) is 5.88 Å². The van der Waals surface area contributed by atoms with Gasteiger partial charge in [-0.25, -0.2) is 13.8 Å². The van der Waals surface area contributed by atoms with Gasteiger partial charge >= 0.3 is 6.18 Å². The third kappa shape index (κ3) is 4.79. The number of halogens is 6. The van der Waals surface area contributed by atoms with Gasteiger partial charge in [-0.2, -0.15) is 13.2 Å². The zero-order chi connectivity index (χ0) is 17.9. The molecule has 0 saturated heterocycles. The average molecular weight is 367 g/mol. The molecule has 0 bridgehead atoms. The molecule has 0 saturated carbocycles. The summed E-state index contributed by atoms with van der Waals surface area (Å²) in [5.41, 5.74) is -0.432. The summed E-state index contributed by atoms with van der Waals surface area (Å²) in [6, 6.07) is 3.54. The Morgan fingerprint density at radius 2 is 1.96 bits per heavy atom. The Labute approximate surface area is 137 Å². The highest BCUT2D eigenvalue weighted by Gasteiger charge is 2.29. The normalized spacial score (nSPS) is 11.2. The van der Waals surface area contributed by atoms with Crippen LogP contribution in [0, 0.1) is 11.6 Å². The Bertz CT molecular complexity index is 767. The fourth-order valence-electron chi connectivity index (χ4n) is 1.59. The van der Waals surface area contributed by atoms with Gasteiger partial charge in [0.2, 0.25) is 5.88 Å². The van der Waals surface area contributed by atoms with Crippen molar-refractivity contribution in [1.29, 1.82) is 0 Å². The number of rotatable bonds is 4. The minimum absolute atomic E-state index is 0.150. The van der Waals surface area contributed by atoms with E-state index in [9.17, 15) is 26.7 Å². The number of hydrogen-bond acceptors (Lipinski definition) is 3. The van der Waals surface area contributed by atoms with E-state index in [4.69, 9.17) is 11.6 Å². The molecule has 10 heteroatoms. The van der Waals surface area contributed by atoms with Crippen LogP contribution in [0.2, 0.25) is 5.02 Å². The van der Waals surface area contributed by atoms with E-state index in [1.807, 2.05) is 0 Å². The highest BCUT2D eigenvalue weighted by atomic mass is 35.5. The largest absolute Gasteiger partial charge is 0.467 e. The molecule has 2 rings (SSSR count). The van der Waals surface area contributed by atoms with Crippen LogP contribution in [-0.4, -0.2) is 23.7 Å². The number of amides is 1. The topological polar surface area (TPSA) is 51.2 Å². The Morgan fingerprint density at radius 3 is 2.54 bits per heavy atom. The van der Waals surface area contributed by atoms with E-state index < -0.39 is 36.2 Å². The maximum absolute atomic E-state index is 13.5. The molecule has 1 N–H and O–H groups in total. The standard InChI is InChI=1S/C14H8ClF5N2O2/c15-9-3-7(5-21-13(9)24-6-14(18,19)20)12(23)22-11-2-1-8(16)4-10(11)17/h1-5H,6H2,(H,22,23). The summed E-state index contributed by atoms with van der Waals surface area (Å²) >= 11 is 5.70. The smallest absolute Gasteiger partial charge is 0.422 e. The summed E-state index contributed by atoms with van der Waals surface area (Å²) in [6.45, 7) is -1.59. The molecule has 0 radical (unpaired) electrons. The van der Waals surface area contributed by atoms with Gasteiger partial charge in [-0.1, -0.05) is 11.6 Å². The van der Waals surface area contributed by atoms with Gasteiger partial charge in [0, 0.05) is 12.3 Å². The molecule has 1 heterocycles. The molecule has 4 nitrogen and oxygen atoms in total. The van der Waals surface area contributed by atoms with Crippen LogP contribution in [0.3, 0.4) is 0 Å². The van der Waals surface area contributed by atoms with Gasteiger partial charge in [-0.15, -0.1) is 0 Å². The molecule has 0 spiro atoms. The molecule has 0 aliphatic rings. The maximum Gasteiger partial charge on any atom is 0.422 e. The molecule has 1 amide bonds. The number of anilines is 1. The second-order valence-corrected chi connectivity index (χ2v) is 4.90. The van der Waals surface area contributed by atoms with Crippen LogP contribution in [0.15, 0.2) is 30.5 Å². The first-order valence-electron chi connectivity index (χ1n) is 6.27. The summed E-state index contributed by atoms with van der Waals surface area (Å²) in [4.78, 5) is 15.5. The van der Waals surface area contributed by atoms with E-state index >= 15 is 0 Å². The van der Waals surface area contributed by atoms with Crippen molar-refractivity contribution in [2.45, 2.75) is 6.18 Å². The van der Waals surface area contributed by atoms with E-state index in [0.29, 0.717) is 6.07 Å². The van der Waals surface area contributed by atoms with Crippen LogP contribution >= 0.6 is 11.6 Å². The zero-order valence-electron chi connectivity index (χ0n) is 11.6. The molecule has 1 aromatic carbocycles. The lowest BCUT2D eigenvalue weighted by atomic mass is 10.2. The van der Waals surface area contributed by atoms with Crippen LogP contribution in [0.4, 0.5) is 27.6 Å². The molecule has 1 aromatic heterocycles. The number of aromatic nitrogens is 1. The lowest BCUT2D eigenvalue weighted by Gasteiger charge is -2.10. The molecule has 0 aliphatic carbocycles. The summed E-state index contributed by atoms with van der Waals surface area (Å²) in [6.07, 6.45) is -3.66. The number of carbonyl (C=O) groups excluding carboxylic acids is 1. The van der Waals surface area contributed by atoms with Crippen molar-refractivity contribution in [3.63, 3.8) is 0 Å². The lowest BCUT2D eigenvalue weighted by molar-refractivity contribution is -0.154. The Morgan fingerprint density at radius 1 is 1.25 bits per heavy atom. The minimum atomic E-state index is -4.57.